The fourth-order valence-corrected chi connectivity index (χ4v) is 7.66. The van der Waals surface area contributed by atoms with E-state index in [1.54, 1.807) is 0 Å². The van der Waals surface area contributed by atoms with E-state index in [9.17, 15) is 70.3 Å². The molecule has 22 nitrogen and oxygen atoms in total. The molecule has 0 aliphatic carbocycles. The third-order valence-electron chi connectivity index (χ3n) is 8.28. The third kappa shape index (κ3) is 8.49. The van der Waals surface area contributed by atoms with Crippen LogP contribution >= 0.6 is 21.7 Å². The van der Waals surface area contributed by atoms with Crippen LogP contribution in [0.2, 0.25) is 0 Å². The van der Waals surface area contributed by atoms with Crippen LogP contribution in [-0.4, -0.2) is 72.7 Å². The number of phenolic OH excluding ortho intramolecular Hbond substituents is 2. The summed E-state index contributed by atoms with van der Waals surface area (Å²) in [5.41, 5.74) is 2.39. The van der Waals surface area contributed by atoms with Crippen molar-refractivity contribution in [3.8, 4) is 11.5 Å². The summed E-state index contributed by atoms with van der Waals surface area (Å²) in [5.74, 6) is -4.71. The van der Waals surface area contributed by atoms with Gasteiger partial charge in [-0.25, -0.2) is 9.59 Å². The molecule has 59 heavy (non-hydrogen) atoms. The number of aromatic hydroxyl groups is 2. The number of nitrogen functional groups attached to an aromatic ring is 1. The molecule has 13 N–H and O–H groups in total. The fourth-order valence-electron chi connectivity index (χ4n) is 5.61. The van der Waals surface area contributed by atoms with Crippen molar-refractivity contribution in [2.75, 3.05) is 5.73 Å². The maximum absolute atomic E-state index is 12.5. The second kappa shape index (κ2) is 15.6. The summed E-state index contributed by atoms with van der Waals surface area (Å²) in [6, 6.07) is 16.6. The Kier molecular flexibility index (Phi) is 11.1. The number of rotatable bonds is 11. The summed E-state index contributed by atoms with van der Waals surface area (Å²) in [6.07, 6.45) is 0. The van der Waals surface area contributed by atoms with Crippen molar-refractivity contribution >= 4 is 105 Å². The van der Waals surface area contributed by atoms with Crippen molar-refractivity contribution in [1.29, 1.82) is 0 Å². The first-order valence-electron chi connectivity index (χ1n) is 15.9. The van der Waals surface area contributed by atoms with E-state index in [4.69, 9.17) is 5.73 Å². The molecule has 6 rings (SSSR count). The average molecular weight is 870 g/mol. The molecule has 0 atom stereocenters. The molecule has 0 heterocycles. The van der Waals surface area contributed by atoms with Gasteiger partial charge in [-0.1, -0.05) is 30.3 Å². The number of azo groups is 3. The second-order valence-corrected chi connectivity index (χ2v) is 16.4. The van der Waals surface area contributed by atoms with Gasteiger partial charge >= 0.3 is 11.9 Å². The summed E-state index contributed by atoms with van der Waals surface area (Å²) in [7, 11) is -14.7. The summed E-state index contributed by atoms with van der Waals surface area (Å²) in [4.78, 5) is 20.6. The zero-order valence-electron chi connectivity index (χ0n) is 29.1. The van der Waals surface area contributed by atoms with Gasteiger partial charge in [0.15, 0.2) is 11.5 Å². The number of nitrogens with two attached hydrogens (primary N) is 1. The Hall–Kier alpha value is -6.65. The Morgan fingerprint density at radius 3 is 1.56 bits per heavy atom. The number of carboxylic acids is 2. The van der Waals surface area contributed by atoms with E-state index >= 15 is 0 Å². The number of benzene rings is 6. The highest BCUT2D eigenvalue weighted by Crippen LogP contribution is 2.57. The Morgan fingerprint density at radius 2 is 1.02 bits per heavy atom. The molecule has 25 heteroatoms. The van der Waals surface area contributed by atoms with E-state index in [0.29, 0.717) is 12.1 Å². The Balaban J connectivity index is 1.53. The van der Waals surface area contributed by atoms with Gasteiger partial charge in [-0.2, -0.15) is 13.5 Å². The summed E-state index contributed by atoms with van der Waals surface area (Å²) < 4.78 is 96.7. The van der Waals surface area contributed by atoms with E-state index in [1.807, 2.05) is 0 Å². The van der Waals surface area contributed by atoms with Gasteiger partial charge in [0.05, 0.1) is 37.7 Å². The highest BCUT2D eigenvalue weighted by Gasteiger charge is 2.31. The van der Waals surface area contributed by atoms with Crippen LogP contribution in [0.15, 0.2) is 130 Å². The van der Waals surface area contributed by atoms with Gasteiger partial charge in [0.25, 0.3) is 10.1 Å². The highest BCUT2D eigenvalue weighted by molar-refractivity contribution is 8.19. The molecule has 306 valence electrons. The molecular weight excluding hydrogens is 843 g/mol. The second-order valence-electron chi connectivity index (χ2n) is 12.0. The lowest BCUT2D eigenvalue weighted by Gasteiger charge is -2.23. The Labute approximate surface area is 333 Å². The third-order valence-corrected chi connectivity index (χ3v) is 11.0. The summed E-state index contributed by atoms with van der Waals surface area (Å²) in [6.45, 7) is 0. The van der Waals surface area contributed by atoms with Crippen molar-refractivity contribution in [1.82, 2.24) is 0 Å². The molecule has 0 aliphatic rings. The molecule has 0 aromatic heterocycles. The molecule has 0 unspecified atom stereocenters. The van der Waals surface area contributed by atoms with E-state index in [-0.39, 0.29) is 39.0 Å². The van der Waals surface area contributed by atoms with Crippen LogP contribution in [0, 0.1) is 0 Å². The fraction of sp³-hybridized carbons (Fsp3) is 0. The van der Waals surface area contributed by atoms with Gasteiger partial charge < -0.3 is 53.5 Å². The van der Waals surface area contributed by atoms with Gasteiger partial charge in [-0.15, -0.1) is 25.6 Å². The number of hydrogen-bond donors (Lipinski definition) is 12. The SMILES string of the molecule is Nc1c(N=Nc2ccccc2C(=O)O)cc(S(=O)(=O)O)c2cc(S(O)(O)O)c(N=Nc3ccc4cc(S(O)(O)O)c(N=Nc5ccccc5C(=O)O)c(O)c4c3)c(O)c12. The van der Waals surface area contributed by atoms with Crippen LogP contribution in [-0.2, 0) is 10.1 Å². The van der Waals surface area contributed by atoms with Crippen LogP contribution in [0.25, 0.3) is 21.5 Å². The first-order valence-corrected chi connectivity index (χ1v) is 20.3. The molecule has 0 spiro atoms. The minimum absolute atomic E-state index is 0.0485. The number of phenols is 2. The minimum Gasteiger partial charge on any atom is -0.505 e. The number of hydrogen-bond acceptors (Lipinski definition) is 19. The highest BCUT2D eigenvalue weighted by atomic mass is 32.3. The van der Waals surface area contributed by atoms with E-state index < -0.39 is 104 Å². The molecule has 0 bridgehead atoms. The monoisotopic (exact) mass is 869 g/mol. The number of carboxylic acid groups (broad SMARTS) is 2. The zero-order chi connectivity index (χ0) is 43.2. The van der Waals surface area contributed by atoms with E-state index in [0.717, 1.165) is 12.1 Å². The first-order chi connectivity index (χ1) is 27.6. The van der Waals surface area contributed by atoms with E-state index in [2.05, 4.69) is 30.7 Å². The van der Waals surface area contributed by atoms with Crippen LogP contribution in [0.5, 0.6) is 11.5 Å². The summed E-state index contributed by atoms with van der Waals surface area (Å²) in [5, 5.41) is 63.3. The lowest BCUT2D eigenvalue weighted by Crippen LogP contribution is -2.03. The molecule has 0 saturated heterocycles. The minimum atomic E-state index is -5.25. The van der Waals surface area contributed by atoms with Gasteiger partial charge in [0.1, 0.15) is 55.1 Å². The van der Waals surface area contributed by atoms with E-state index in [1.165, 1.54) is 60.7 Å². The molecule has 0 aliphatic heterocycles. The van der Waals surface area contributed by atoms with Gasteiger partial charge in [0, 0.05) is 10.8 Å². The maximum Gasteiger partial charge on any atom is 0.337 e. The van der Waals surface area contributed by atoms with Crippen molar-refractivity contribution in [2.45, 2.75) is 14.7 Å². The standard InChI is InChI=1S/C34H27N7O15S3/c35-28-23(39-37-21-7-3-1-5-17(21)33(44)45)14-24(57(48,49)50)20-13-26(59(54,55)56)30(32(43)27(20)28)40-36-16-10-9-15-11-25(58(51,52)53)29(31(42)19(15)12-16)41-38-22-8-4-2-6-18(22)34(46)47/h1-14,42-43,51-56H,35H2,(H,44,45)(H,46,47)(H,48,49,50). The van der Waals surface area contributed by atoms with Crippen LogP contribution in [0.1, 0.15) is 20.7 Å². The average Bonchev–Trinajstić information content (AvgIpc) is 3.15. The number of carbonyl (C=O) groups is 2. The van der Waals surface area contributed by atoms with Crippen molar-refractivity contribution in [3.05, 3.63) is 96.1 Å². The zero-order valence-corrected chi connectivity index (χ0v) is 31.6. The maximum atomic E-state index is 12.5. The Morgan fingerprint density at radius 1 is 0.525 bits per heavy atom. The van der Waals surface area contributed by atoms with Crippen molar-refractivity contribution in [2.24, 2.45) is 30.7 Å². The van der Waals surface area contributed by atoms with Gasteiger partial charge in [-0.3, -0.25) is 4.55 Å². The largest absolute Gasteiger partial charge is 0.505 e. The number of nitrogens with zero attached hydrogens (tertiary/aromatic N) is 6. The van der Waals surface area contributed by atoms with Crippen LogP contribution < -0.4 is 5.73 Å². The normalized spacial score (nSPS) is 13.3. The smallest absolute Gasteiger partial charge is 0.337 e. The predicted molar refractivity (Wildman–Crippen MR) is 212 cm³/mol. The quantitative estimate of drug-likeness (QED) is 0.0327. The molecule has 6 aromatic carbocycles. The number of aromatic carboxylic acids is 2. The molecule has 0 radical (unpaired) electrons. The lowest BCUT2D eigenvalue weighted by atomic mass is 10.0. The number of anilines is 1. The topological polar surface area (TPSA) is 391 Å². The Bertz CT molecular complexity index is 2950. The van der Waals surface area contributed by atoms with Crippen molar-refractivity contribution < 1.29 is 70.3 Å². The van der Waals surface area contributed by atoms with Crippen LogP contribution in [0.4, 0.5) is 39.8 Å². The van der Waals surface area contributed by atoms with Gasteiger partial charge in [-0.05, 0) is 60.0 Å². The molecule has 0 fully saturated rings. The summed E-state index contributed by atoms with van der Waals surface area (Å²) >= 11 is 0. The molecule has 6 aromatic rings. The number of fused-ring (bicyclic) bond motifs is 2. The van der Waals surface area contributed by atoms with Crippen LogP contribution in [0.3, 0.4) is 0 Å². The van der Waals surface area contributed by atoms with Crippen molar-refractivity contribution in [3.63, 3.8) is 0 Å². The van der Waals surface area contributed by atoms with Gasteiger partial charge in [0.2, 0.25) is 0 Å². The molecule has 0 amide bonds. The first kappa shape index (κ1) is 42.0. The predicted octanol–water partition coefficient (Wildman–Crippen LogP) is 10.0. The lowest BCUT2D eigenvalue weighted by molar-refractivity contribution is 0.0687. The molecular formula is C34H27N7O15S3. The molecule has 0 saturated carbocycles.